The Hall–Kier alpha value is -3.37. The van der Waals surface area contributed by atoms with Crippen molar-refractivity contribution in [2.24, 2.45) is 0 Å². The lowest BCUT2D eigenvalue weighted by molar-refractivity contribution is 0.0745. The summed E-state index contributed by atoms with van der Waals surface area (Å²) < 4.78 is 18.9. The van der Waals surface area contributed by atoms with Gasteiger partial charge in [0.05, 0.1) is 10.6 Å². The van der Waals surface area contributed by atoms with Gasteiger partial charge in [-0.1, -0.05) is 23.7 Å². The number of carbonyl (C=O) groups is 1. The molecular weight excluding hydrogens is 395 g/mol. The first-order chi connectivity index (χ1) is 14.1. The van der Waals surface area contributed by atoms with E-state index in [2.05, 4.69) is 11.1 Å². The van der Waals surface area contributed by atoms with E-state index in [1.165, 1.54) is 24.3 Å². The van der Waals surface area contributed by atoms with Gasteiger partial charge in [-0.15, -0.1) is 0 Å². The van der Waals surface area contributed by atoms with Gasteiger partial charge in [-0.25, -0.2) is 4.39 Å². The zero-order chi connectivity index (χ0) is 20.4. The van der Waals surface area contributed by atoms with E-state index in [-0.39, 0.29) is 23.3 Å². The van der Waals surface area contributed by atoms with Crippen molar-refractivity contribution in [1.82, 2.24) is 9.88 Å². The van der Waals surface area contributed by atoms with Gasteiger partial charge in [-0.3, -0.25) is 4.79 Å². The molecule has 2 aromatic carbocycles. The Morgan fingerprint density at radius 2 is 1.79 bits per heavy atom. The third-order valence-corrected chi connectivity index (χ3v) is 5.09. The van der Waals surface area contributed by atoms with Gasteiger partial charge in [-0.05, 0) is 36.4 Å². The predicted molar refractivity (Wildman–Crippen MR) is 106 cm³/mol. The smallest absolute Gasteiger partial charge is 0.253 e. The second-order valence-corrected chi connectivity index (χ2v) is 6.96. The molecule has 1 fully saturated rings. The van der Waals surface area contributed by atoms with Crippen LogP contribution in [0.1, 0.15) is 16.1 Å². The number of aromatic nitrogens is 1. The van der Waals surface area contributed by atoms with Crippen molar-refractivity contribution in [1.29, 1.82) is 5.26 Å². The Labute approximate surface area is 171 Å². The molecule has 2 heterocycles. The van der Waals surface area contributed by atoms with Gasteiger partial charge in [0, 0.05) is 31.7 Å². The molecule has 29 heavy (non-hydrogen) atoms. The Morgan fingerprint density at radius 3 is 2.45 bits per heavy atom. The highest BCUT2D eigenvalue weighted by atomic mass is 35.5. The zero-order valence-corrected chi connectivity index (χ0v) is 16.1. The van der Waals surface area contributed by atoms with Crippen LogP contribution in [-0.2, 0) is 0 Å². The maximum Gasteiger partial charge on any atom is 0.253 e. The molecule has 0 saturated carbocycles. The first-order valence-electron chi connectivity index (χ1n) is 9.02. The van der Waals surface area contributed by atoms with Gasteiger partial charge < -0.3 is 14.2 Å². The first-order valence-corrected chi connectivity index (χ1v) is 9.40. The molecule has 1 aromatic heterocycles. The minimum atomic E-state index is -0.380. The van der Waals surface area contributed by atoms with E-state index in [9.17, 15) is 14.4 Å². The molecular formula is C21H16ClFN4O2. The number of halogens is 2. The van der Waals surface area contributed by atoms with Gasteiger partial charge in [0.25, 0.3) is 5.91 Å². The number of hydrogen-bond donors (Lipinski definition) is 0. The number of rotatable bonds is 3. The van der Waals surface area contributed by atoms with Crippen molar-refractivity contribution in [3.05, 3.63) is 70.6 Å². The van der Waals surface area contributed by atoms with Crippen LogP contribution in [0.15, 0.2) is 52.9 Å². The Kier molecular flexibility index (Phi) is 5.19. The highest BCUT2D eigenvalue weighted by Gasteiger charge is 2.27. The van der Waals surface area contributed by atoms with Crippen molar-refractivity contribution in [3.8, 4) is 17.5 Å². The normalized spacial score (nSPS) is 14.0. The van der Waals surface area contributed by atoms with Crippen LogP contribution in [0.25, 0.3) is 11.5 Å². The van der Waals surface area contributed by atoms with E-state index >= 15 is 0 Å². The van der Waals surface area contributed by atoms with Crippen LogP contribution in [-0.4, -0.2) is 42.0 Å². The summed E-state index contributed by atoms with van der Waals surface area (Å²) in [7, 11) is 0. The number of oxazole rings is 1. The van der Waals surface area contributed by atoms with Gasteiger partial charge in [-0.2, -0.15) is 10.2 Å². The van der Waals surface area contributed by atoms with Crippen LogP contribution in [0.4, 0.5) is 10.3 Å². The van der Waals surface area contributed by atoms with Gasteiger partial charge >= 0.3 is 0 Å². The molecule has 0 N–H and O–H groups in total. The molecule has 6 nitrogen and oxygen atoms in total. The van der Waals surface area contributed by atoms with Crippen LogP contribution >= 0.6 is 11.6 Å². The number of anilines is 1. The number of nitrogens with zero attached hydrogens (tertiary/aromatic N) is 4. The fraction of sp³-hybridized carbons (Fsp3) is 0.190. The lowest BCUT2D eigenvalue weighted by Crippen LogP contribution is -2.48. The van der Waals surface area contributed by atoms with Crippen LogP contribution < -0.4 is 4.90 Å². The van der Waals surface area contributed by atoms with Crippen molar-refractivity contribution < 1.29 is 13.6 Å². The average Bonchev–Trinajstić information content (AvgIpc) is 3.18. The van der Waals surface area contributed by atoms with Crippen molar-refractivity contribution in [2.75, 3.05) is 31.1 Å². The summed E-state index contributed by atoms with van der Waals surface area (Å²) in [4.78, 5) is 20.4. The quantitative estimate of drug-likeness (QED) is 0.653. The van der Waals surface area contributed by atoms with Gasteiger partial charge in [0.1, 0.15) is 11.9 Å². The Bertz CT molecular complexity index is 1080. The van der Waals surface area contributed by atoms with Gasteiger partial charge in [0.2, 0.25) is 17.5 Å². The molecule has 0 unspecified atom stereocenters. The number of nitriles is 1. The second kappa shape index (κ2) is 7.94. The molecule has 3 aromatic rings. The summed E-state index contributed by atoms with van der Waals surface area (Å²) >= 11 is 6.21. The van der Waals surface area contributed by atoms with Crippen molar-refractivity contribution in [2.45, 2.75) is 0 Å². The van der Waals surface area contributed by atoms with E-state index in [0.717, 1.165) is 0 Å². The molecule has 1 amide bonds. The summed E-state index contributed by atoms with van der Waals surface area (Å²) in [6, 6.07) is 14.7. The van der Waals surface area contributed by atoms with E-state index < -0.39 is 0 Å². The highest BCUT2D eigenvalue weighted by molar-refractivity contribution is 6.33. The van der Waals surface area contributed by atoms with Crippen LogP contribution in [0, 0.1) is 17.1 Å². The van der Waals surface area contributed by atoms with E-state index in [1.54, 1.807) is 23.1 Å². The van der Waals surface area contributed by atoms with Crippen LogP contribution in [0.2, 0.25) is 5.02 Å². The summed E-state index contributed by atoms with van der Waals surface area (Å²) in [6.45, 7) is 1.87. The Balaban J connectivity index is 1.50. The van der Waals surface area contributed by atoms with Crippen LogP contribution in [0.3, 0.4) is 0 Å². The average molecular weight is 411 g/mol. The summed E-state index contributed by atoms with van der Waals surface area (Å²) in [5.74, 6) is 0.123. The number of hydrogen-bond acceptors (Lipinski definition) is 5. The molecule has 0 bridgehead atoms. The summed E-state index contributed by atoms with van der Waals surface area (Å²) in [5.41, 5.74) is 1.23. The fourth-order valence-electron chi connectivity index (χ4n) is 3.24. The predicted octanol–water partition coefficient (Wildman–Crippen LogP) is 3.97. The minimum Gasteiger partial charge on any atom is -0.419 e. The van der Waals surface area contributed by atoms with Crippen molar-refractivity contribution in [3.63, 3.8) is 0 Å². The molecule has 4 rings (SSSR count). The van der Waals surface area contributed by atoms with E-state index in [0.29, 0.717) is 48.2 Å². The van der Waals surface area contributed by atoms with Crippen LogP contribution in [0.5, 0.6) is 0 Å². The summed E-state index contributed by atoms with van der Waals surface area (Å²) in [6.07, 6.45) is 0. The highest BCUT2D eigenvalue weighted by Crippen LogP contribution is 2.32. The third kappa shape index (κ3) is 3.80. The lowest BCUT2D eigenvalue weighted by Gasteiger charge is -2.34. The van der Waals surface area contributed by atoms with E-state index in [1.807, 2.05) is 11.0 Å². The minimum absolute atomic E-state index is 0.153. The van der Waals surface area contributed by atoms with Crippen molar-refractivity contribution >= 4 is 23.4 Å². The number of piperazine rings is 1. The van der Waals surface area contributed by atoms with E-state index in [4.69, 9.17) is 16.0 Å². The molecule has 1 aliphatic rings. The zero-order valence-electron chi connectivity index (χ0n) is 15.3. The largest absolute Gasteiger partial charge is 0.419 e. The maximum absolute atomic E-state index is 13.1. The number of amides is 1. The molecule has 146 valence electrons. The summed E-state index contributed by atoms with van der Waals surface area (Å²) in [5, 5.41) is 9.95. The second-order valence-electron chi connectivity index (χ2n) is 6.55. The Morgan fingerprint density at radius 1 is 1.10 bits per heavy atom. The molecule has 0 spiro atoms. The topological polar surface area (TPSA) is 73.4 Å². The SMILES string of the molecule is N#Cc1nc(-c2ccccc2Cl)oc1N1CCN(C(=O)c2ccc(F)cc2)CC1. The number of carbonyl (C=O) groups excluding carboxylic acids is 1. The fourth-order valence-corrected chi connectivity index (χ4v) is 3.45. The lowest BCUT2D eigenvalue weighted by atomic mass is 10.2. The molecule has 0 atom stereocenters. The third-order valence-electron chi connectivity index (χ3n) is 4.76. The maximum atomic E-state index is 13.1. The molecule has 0 aliphatic carbocycles. The molecule has 8 heteroatoms. The molecule has 1 aliphatic heterocycles. The molecule has 1 saturated heterocycles. The van der Waals surface area contributed by atoms with Gasteiger partial charge in [0.15, 0.2) is 0 Å². The molecule has 0 radical (unpaired) electrons. The first kappa shape index (κ1) is 19.0. The monoisotopic (exact) mass is 410 g/mol. The standard InChI is InChI=1S/C21H16ClFN4O2/c22-17-4-2-1-3-16(17)19-25-18(13-24)21(29-19)27-11-9-26(10-12-27)20(28)14-5-7-15(23)8-6-14/h1-8H,9-12H2. The number of benzene rings is 2.